The normalized spacial score (nSPS) is 11.9. The summed E-state index contributed by atoms with van der Waals surface area (Å²) in [7, 11) is 0. The first-order valence-electron chi connectivity index (χ1n) is 8.37. The monoisotopic (exact) mass is 329 g/mol. The van der Waals surface area contributed by atoms with Gasteiger partial charge in [0.15, 0.2) is 0 Å². The zero-order valence-corrected chi connectivity index (χ0v) is 13.8. The standard InChI is InChI=1S/C21H19N3O/c25-15-22-18-10-6-12-20-21(18)23-17-9-4-5-11-19(17)24(20)14-13-16-7-2-1-3-8-16/h1-12,15,23H,13-14H2,(H,22,25). The van der Waals surface area contributed by atoms with Crippen molar-refractivity contribution < 1.29 is 4.79 Å². The van der Waals surface area contributed by atoms with Gasteiger partial charge in [-0.15, -0.1) is 0 Å². The lowest BCUT2D eigenvalue weighted by molar-refractivity contribution is -0.105. The highest BCUT2D eigenvalue weighted by Crippen LogP contribution is 2.46. The molecule has 1 aliphatic rings. The van der Waals surface area contributed by atoms with Gasteiger partial charge in [0.25, 0.3) is 0 Å². The van der Waals surface area contributed by atoms with Crippen molar-refractivity contribution in [1.82, 2.24) is 0 Å². The molecule has 0 aliphatic carbocycles. The van der Waals surface area contributed by atoms with Crippen LogP contribution in [0, 0.1) is 0 Å². The van der Waals surface area contributed by atoms with E-state index < -0.39 is 0 Å². The van der Waals surface area contributed by atoms with Crippen molar-refractivity contribution in [3.05, 3.63) is 78.4 Å². The van der Waals surface area contributed by atoms with E-state index in [1.807, 2.05) is 24.3 Å². The average Bonchev–Trinajstić information content (AvgIpc) is 2.67. The number of hydrogen-bond acceptors (Lipinski definition) is 3. The molecule has 0 unspecified atom stereocenters. The van der Waals surface area contributed by atoms with Gasteiger partial charge in [-0.05, 0) is 36.2 Å². The molecule has 0 radical (unpaired) electrons. The Morgan fingerprint density at radius 3 is 2.48 bits per heavy atom. The van der Waals surface area contributed by atoms with Gasteiger partial charge in [-0.25, -0.2) is 0 Å². The maximum Gasteiger partial charge on any atom is 0.211 e. The van der Waals surface area contributed by atoms with Crippen LogP contribution < -0.4 is 15.5 Å². The molecular formula is C21H19N3O. The van der Waals surface area contributed by atoms with Crippen LogP contribution in [0.25, 0.3) is 0 Å². The molecule has 4 heteroatoms. The van der Waals surface area contributed by atoms with Crippen LogP contribution >= 0.6 is 0 Å². The molecule has 4 nitrogen and oxygen atoms in total. The van der Waals surface area contributed by atoms with Gasteiger partial charge >= 0.3 is 0 Å². The number of amides is 1. The van der Waals surface area contributed by atoms with Crippen molar-refractivity contribution in [1.29, 1.82) is 0 Å². The molecule has 4 rings (SSSR count). The van der Waals surface area contributed by atoms with Crippen LogP contribution in [0.2, 0.25) is 0 Å². The Kier molecular flexibility index (Phi) is 4.09. The number of para-hydroxylation sites is 3. The molecule has 0 aromatic heterocycles. The van der Waals surface area contributed by atoms with Crippen LogP contribution in [0.1, 0.15) is 5.56 Å². The number of nitrogens with zero attached hydrogens (tertiary/aromatic N) is 1. The Labute approximate surface area is 147 Å². The minimum absolute atomic E-state index is 0.714. The van der Waals surface area contributed by atoms with Crippen LogP contribution in [0.15, 0.2) is 72.8 Å². The fourth-order valence-electron chi connectivity index (χ4n) is 3.29. The van der Waals surface area contributed by atoms with Crippen molar-refractivity contribution in [3.8, 4) is 0 Å². The lowest BCUT2D eigenvalue weighted by atomic mass is 10.1. The third-order valence-electron chi connectivity index (χ3n) is 4.47. The first kappa shape index (κ1) is 15.3. The van der Waals surface area contributed by atoms with Crippen molar-refractivity contribution in [3.63, 3.8) is 0 Å². The Morgan fingerprint density at radius 1 is 0.880 bits per heavy atom. The molecule has 1 aliphatic heterocycles. The van der Waals surface area contributed by atoms with Crippen LogP contribution in [0.3, 0.4) is 0 Å². The van der Waals surface area contributed by atoms with Crippen molar-refractivity contribution in [2.75, 3.05) is 22.1 Å². The van der Waals surface area contributed by atoms with Gasteiger partial charge in [0.05, 0.1) is 28.4 Å². The Morgan fingerprint density at radius 2 is 1.64 bits per heavy atom. The summed E-state index contributed by atoms with van der Waals surface area (Å²) in [5.41, 5.74) is 6.29. The number of hydrogen-bond donors (Lipinski definition) is 2. The lowest BCUT2D eigenvalue weighted by Crippen LogP contribution is -2.25. The Hall–Kier alpha value is -3.27. The summed E-state index contributed by atoms with van der Waals surface area (Å²) in [6.07, 6.45) is 1.66. The van der Waals surface area contributed by atoms with Crippen LogP contribution in [0.4, 0.5) is 28.4 Å². The second-order valence-electron chi connectivity index (χ2n) is 5.99. The third kappa shape index (κ3) is 2.94. The highest BCUT2D eigenvalue weighted by Gasteiger charge is 2.23. The van der Waals surface area contributed by atoms with E-state index in [1.165, 1.54) is 5.56 Å². The summed E-state index contributed by atoms with van der Waals surface area (Å²) in [6, 6.07) is 24.7. The largest absolute Gasteiger partial charge is 0.350 e. The molecule has 0 bridgehead atoms. The van der Waals surface area contributed by atoms with E-state index in [0.29, 0.717) is 6.41 Å². The lowest BCUT2D eigenvalue weighted by Gasteiger charge is -2.35. The molecular weight excluding hydrogens is 310 g/mol. The van der Waals surface area contributed by atoms with Gasteiger partial charge in [0, 0.05) is 6.54 Å². The molecule has 25 heavy (non-hydrogen) atoms. The number of nitrogens with one attached hydrogen (secondary N) is 2. The molecule has 0 saturated heterocycles. The summed E-state index contributed by atoms with van der Waals surface area (Å²) >= 11 is 0. The fourth-order valence-corrected chi connectivity index (χ4v) is 3.29. The van der Waals surface area contributed by atoms with E-state index in [0.717, 1.165) is 41.4 Å². The highest BCUT2D eigenvalue weighted by molar-refractivity contribution is 5.99. The van der Waals surface area contributed by atoms with Gasteiger partial charge in [0.1, 0.15) is 0 Å². The second kappa shape index (κ2) is 6.69. The molecule has 2 N–H and O–H groups in total. The Balaban J connectivity index is 1.73. The number of carbonyl (C=O) groups is 1. The molecule has 3 aromatic carbocycles. The zero-order chi connectivity index (χ0) is 17.1. The summed E-state index contributed by atoms with van der Waals surface area (Å²) in [4.78, 5) is 13.3. The van der Waals surface area contributed by atoms with Gasteiger partial charge in [-0.1, -0.05) is 48.5 Å². The minimum atomic E-state index is 0.714. The second-order valence-corrected chi connectivity index (χ2v) is 5.99. The van der Waals surface area contributed by atoms with E-state index in [1.54, 1.807) is 0 Å². The number of anilines is 5. The number of rotatable bonds is 5. The molecule has 0 fully saturated rings. The quantitative estimate of drug-likeness (QED) is 0.667. The molecule has 0 atom stereocenters. The van der Waals surface area contributed by atoms with E-state index in [-0.39, 0.29) is 0 Å². The molecule has 124 valence electrons. The third-order valence-corrected chi connectivity index (χ3v) is 4.47. The zero-order valence-electron chi connectivity index (χ0n) is 13.8. The summed E-state index contributed by atoms with van der Waals surface area (Å²) in [5.74, 6) is 0. The molecule has 0 saturated carbocycles. The van der Waals surface area contributed by atoms with Gasteiger partial charge in [0.2, 0.25) is 6.41 Å². The summed E-state index contributed by atoms with van der Waals surface area (Å²) in [6.45, 7) is 0.861. The Bertz CT molecular complexity index is 893. The van der Waals surface area contributed by atoms with E-state index >= 15 is 0 Å². The van der Waals surface area contributed by atoms with Crippen molar-refractivity contribution in [2.24, 2.45) is 0 Å². The van der Waals surface area contributed by atoms with Gasteiger partial charge < -0.3 is 15.5 Å². The SMILES string of the molecule is O=CNc1cccc2c1Nc1ccccc1N2CCc1ccccc1. The number of fused-ring (bicyclic) bond motifs is 2. The average molecular weight is 329 g/mol. The summed E-state index contributed by atoms with van der Waals surface area (Å²) < 4.78 is 0. The predicted octanol–water partition coefficient (Wildman–Crippen LogP) is 4.69. The van der Waals surface area contributed by atoms with E-state index in [2.05, 4.69) is 64.1 Å². The minimum Gasteiger partial charge on any atom is -0.350 e. The van der Waals surface area contributed by atoms with Crippen molar-refractivity contribution >= 4 is 34.8 Å². The van der Waals surface area contributed by atoms with E-state index in [4.69, 9.17) is 0 Å². The van der Waals surface area contributed by atoms with Gasteiger partial charge in [-0.3, -0.25) is 4.79 Å². The topological polar surface area (TPSA) is 44.4 Å². The first-order chi connectivity index (χ1) is 12.4. The predicted molar refractivity (Wildman–Crippen MR) is 103 cm³/mol. The smallest absolute Gasteiger partial charge is 0.211 e. The van der Waals surface area contributed by atoms with Crippen molar-refractivity contribution in [2.45, 2.75) is 6.42 Å². The fraction of sp³-hybridized carbons (Fsp3) is 0.0952. The van der Waals surface area contributed by atoms with Crippen LogP contribution in [-0.4, -0.2) is 13.0 Å². The van der Waals surface area contributed by atoms with E-state index in [9.17, 15) is 4.79 Å². The molecule has 1 heterocycles. The molecule has 0 spiro atoms. The molecule has 1 amide bonds. The first-order valence-corrected chi connectivity index (χ1v) is 8.37. The maximum absolute atomic E-state index is 10.9. The number of benzene rings is 3. The van der Waals surface area contributed by atoms with Gasteiger partial charge in [-0.2, -0.15) is 0 Å². The number of carbonyl (C=O) groups excluding carboxylic acids is 1. The highest BCUT2D eigenvalue weighted by atomic mass is 16.1. The maximum atomic E-state index is 10.9. The van der Waals surface area contributed by atoms with Crippen LogP contribution in [-0.2, 0) is 11.2 Å². The molecule has 3 aromatic rings. The summed E-state index contributed by atoms with van der Waals surface area (Å²) in [5, 5.41) is 6.25. The van der Waals surface area contributed by atoms with Crippen LogP contribution in [0.5, 0.6) is 0 Å².